The van der Waals surface area contributed by atoms with Gasteiger partial charge in [-0.15, -0.1) is 0 Å². The Morgan fingerprint density at radius 2 is 1.70 bits per heavy atom. The molecule has 5 rings (SSSR count). The number of rotatable bonds is 4. The fourth-order valence-corrected chi connectivity index (χ4v) is 3.34. The highest BCUT2D eigenvalue weighted by atomic mass is 16.3. The van der Waals surface area contributed by atoms with Crippen molar-refractivity contribution in [1.29, 1.82) is 0 Å². The summed E-state index contributed by atoms with van der Waals surface area (Å²) in [6.07, 6.45) is 1.72. The molecule has 0 unspecified atom stereocenters. The Hall–Kier alpha value is -4.39. The molecule has 146 valence electrons. The SMILES string of the molecule is O=C(Nc1n[nH]c2cc(O)ccc12)c1cn(-c2ccccc2)nc1-c1ccccc1. The zero-order valence-corrected chi connectivity index (χ0v) is 15.8. The Morgan fingerprint density at radius 3 is 2.47 bits per heavy atom. The van der Waals surface area contributed by atoms with Gasteiger partial charge in [0.2, 0.25) is 0 Å². The standard InChI is InChI=1S/C23H17N5O2/c29-17-11-12-18-20(13-17)25-26-22(18)24-23(30)19-14-28(16-9-5-2-6-10-16)27-21(19)15-7-3-1-4-8-15/h1-14,29H,(H2,24,25,26,30). The maximum Gasteiger partial charge on any atom is 0.260 e. The number of para-hydroxylation sites is 1. The summed E-state index contributed by atoms with van der Waals surface area (Å²) in [7, 11) is 0. The number of hydrogen-bond donors (Lipinski definition) is 3. The molecule has 1 amide bonds. The van der Waals surface area contributed by atoms with E-state index in [1.807, 2.05) is 60.7 Å². The van der Waals surface area contributed by atoms with Gasteiger partial charge in [0.25, 0.3) is 5.91 Å². The molecule has 2 aromatic heterocycles. The summed E-state index contributed by atoms with van der Waals surface area (Å²) < 4.78 is 1.69. The van der Waals surface area contributed by atoms with Crippen molar-refractivity contribution >= 4 is 22.6 Å². The number of anilines is 1. The summed E-state index contributed by atoms with van der Waals surface area (Å²) >= 11 is 0. The average Bonchev–Trinajstić information content (AvgIpc) is 3.40. The van der Waals surface area contributed by atoms with Gasteiger partial charge in [0.1, 0.15) is 11.4 Å². The number of nitrogens with zero attached hydrogens (tertiary/aromatic N) is 3. The van der Waals surface area contributed by atoms with E-state index in [-0.39, 0.29) is 11.7 Å². The number of aromatic amines is 1. The number of aromatic hydroxyl groups is 1. The van der Waals surface area contributed by atoms with Gasteiger partial charge in [-0.3, -0.25) is 9.89 Å². The summed E-state index contributed by atoms with van der Waals surface area (Å²) in [6.45, 7) is 0. The summed E-state index contributed by atoms with van der Waals surface area (Å²) in [5, 5.41) is 24.9. The van der Waals surface area contributed by atoms with Crippen LogP contribution in [0.1, 0.15) is 10.4 Å². The molecule has 5 aromatic rings. The minimum absolute atomic E-state index is 0.125. The number of phenols is 1. The van der Waals surface area contributed by atoms with Gasteiger partial charge in [0.15, 0.2) is 5.82 Å². The number of amides is 1. The van der Waals surface area contributed by atoms with E-state index >= 15 is 0 Å². The van der Waals surface area contributed by atoms with E-state index in [1.165, 1.54) is 0 Å². The Labute approximate surface area is 171 Å². The van der Waals surface area contributed by atoms with Crippen LogP contribution < -0.4 is 5.32 Å². The summed E-state index contributed by atoms with van der Waals surface area (Å²) in [5.41, 5.74) is 3.34. The van der Waals surface area contributed by atoms with Crippen molar-refractivity contribution in [2.75, 3.05) is 5.32 Å². The minimum atomic E-state index is -0.322. The van der Waals surface area contributed by atoms with Crippen LogP contribution in [0.3, 0.4) is 0 Å². The third-order valence-electron chi connectivity index (χ3n) is 4.81. The molecular weight excluding hydrogens is 378 g/mol. The van der Waals surface area contributed by atoms with Crippen LogP contribution in [0.5, 0.6) is 5.75 Å². The van der Waals surface area contributed by atoms with E-state index in [2.05, 4.69) is 20.6 Å². The Balaban J connectivity index is 1.56. The number of carbonyl (C=O) groups excluding carboxylic acids is 1. The lowest BCUT2D eigenvalue weighted by Gasteiger charge is -2.03. The molecule has 0 aliphatic heterocycles. The summed E-state index contributed by atoms with van der Waals surface area (Å²) in [6, 6.07) is 24.0. The molecule has 0 saturated carbocycles. The predicted octanol–water partition coefficient (Wildman–Crippen LogP) is 4.37. The van der Waals surface area contributed by atoms with E-state index < -0.39 is 0 Å². The van der Waals surface area contributed by atoms with E-state index in [1.54, 1.807) is 29.1 Å². The molecule has 0 spiro atoms. The second kappa shape index (κ2) is 7.21. The number of aromatic nitrogens is 4. The number of phenolic OH excluding ortho intramolecular Hbond substituents is 1. The third kappa shape index (κ3) is 3.18. The zero-order valence-electron chi connectivity index (χ0n) is 15.8. The summed E-state index contributed by atoms with van der Waals surface area (Å²) in [4.78, 5) is 13.2. The highest BCUT2D eigenvalue weighted by Gasteiger charge is 2.20. The van der Waals surface area contributed by atoms with Crippen molar-refractivity contribution in [1.82, 2.24) is 20.0 Å². The van der Waals surface area contributed by atoms with Crippen LogP contribution in [0.15, 0.2) is 85.1 Å². The lowest BCUT2D eigenvalue weighted by molar-refractivity contribution is 0.102. The number of nitrogens with one attached hydrogen (secondary N) is 2. The highest BCUT2D eigenvalue weighted by Crippen LogP contribution is 2.27. The smallest absolute Gasteiger partial charge is 0.260 e. The number of H-pyrrole nitrogens is 1. The van der Waals surface area contributed by atoms with Gasteiger partial charge in [-0.2, -0.15) is 10.2 Å². The van der Waals surface area contributed by atoms with Gasteiger partial charge in [-0.1, -0.05) is 48.5 Å². The molecule has 0 radical (unpaired) electrons. The quantitative estimate of drug-likeness (QED) is 0.421. The monoisotopic (exact) mass is 395 g/mol. The lowest BCUT2D eigenvalue weighted by Crippen LogP contribution is -2.12. The molecular formula is C23H17N5O2. The van der Waals surface area contributed by atoms with Crippen molar-refractivity contribution in [3.05, 3.63) is 90.6 Å². The first-order valence-corrected chi connectivity index (χ1v) is 9.38. The molecule has 3 aromatic carbocycles. The van der Waals surface area contributed by atoms with Crippen molar-refractivity contribution in [3.63, 3.8) is 0 Å². The van der Waals surface area contributed by atoms with Crippen LogP contribution in [0, 0.1) is 0 Å². The number of hydrogen-bond acceptors (Lipinski definition) is 4. The van der Waals surface area contributed by atoms with Crippen molar-refractivity contribution < 1.29 is 9.90 Å². The highest BCUT2D eigenvalue weighted by molar-refractivity contribution is 6.10. The molecule has 0 aliphatic carbocycles. The molecule has 7 heteroatoms. The fraction of sp³-hybridized carbons (Fsp3) is 0. The van der Waals surface area contributed by atoms with Crippen LogP contribution in [-0.2, 0) is 0 Å². The predicted molar refractivity (Wildman–Crippen MR) is 115 cm³/mol. The molecule has 0 saturated heterocycles. The molecule has 0 bridgehead atoms. The van der Waals surface area contributed by atoms with E-state index in [0.717, 1.165) is 11.3 Å². The van der Waals surface area contributed by atoms with Gasteiger partial charge < -0.3 is 10.4 Å². The van der Waals surface area contributed by atoms with Gasteiger partial charge in [-0.25, -0.2) is 4.68 Å². The first-order chi connectivity index (χ1) is 14.7. The van der Waals surface area contributed by atoms with Crippen molar-refractivity contribution in [2.45, 2.75) is 0 Å². The molecule has 0 atom stereocenters. The fourth-order valence-electron chi connectivity index (χ4n) is 3.34. The van der Waals surface area contributed by atoms with Crippen LogP contribution in [0.25, 0.3) is 27.8 Å². The first kappa shape index (κ1) is 17.7. The van der Waals surface area contributed by atoms with Gasteiger partial charge >= 0.3 is 0 Å². The molecule has 0 aliphatic rings. The molecule has 2 heterocycles. The first-order valence-electron chi connectivity index (χ1n) is 9.38. The number of benzene rings is 3. The Bertz CT molecular complexity index is 1340. The summed E-state index contributed by atoms with van der Waals surface area (Å²) in [5.74, 6) is 0.193. The molecule has 3 N–H and O–H groups in total. The van der Waals surface area contributed by atoms with Crippen molar-refractivity contribution in [2.24, 2.45) is 0 Å². The molecule has 30 heavy (non-hydrogen) atoms. The zero-order chi connectivity index (χ0) is 20.5. The molecule has 7 nitrogen and oxygen atoms in total. The van der Waals surface area contributed by atoms with Gasteiger partial charge in [-0.05, 0) is 24.3 Å². The van der Waals surface area contributed by atoms with Crippen LogP contribution >= 0.6 is 0 Å². The lowest BCUT2D eigenvalue weighted by atomic mass is 10.1. The van der Waals surface area contributed by atoms with Crippen LogP contribution in [0.4, 0.5) is 5.82 Å². The maximum absolute atomic E-state index is 13.2. The van der Waals surface area contributed by atoms with E-state index in [0.29, 0.717) is 28.0 Å². The van der Waals surface area contributed by atoms with Gasteiger partial charge in [0, 0.05) is 23.2 Å². The number of carbonyl (C=O) groups is 1. The van der Waals surface area contributed by atoms with Gasteiger partial charge in [0.05, 0.1) is 16.8 Å². The Kier molecular flexibility index (Phi) is 4.25. The topological polar surface area (TPSA) is 95.8 Å². The number of fused-ring (bicyclic) bond motifs is 1. The Morgan fingerprint density at radius 1 is 0.967 bits per heavy atom. The minimum Gasteiger partial charge on any atom is -0.508 e. The van der Waals surface area contributed by atoms with E-state index in [9.17, 15) is 9.90 Å². The normalized spacial score (nSPS) is 10.9. The second-order valence-corrected chi connectivity index (χ2v) is 6.79. The largest absolute Gasteiger partial charge is 0.508 e. The average molecular weight is 395 g/mol. The van der Waals surface area contributed by atoms with Crippen molar-refractivity contribution in [3.8, 4) is 22.7 Å². The molecule has 0 fully saturated rings. The second-order valence-electron chi connectivity index (χ2n) is 6.79. The van der Waals surface area contributed by atoms with E-state index in [4.69, 9.17) is 0 Å². The van der Waals surface area contributed by atoms with Crippen LogP contribution in [0.2, 0.25) is 0 Å². The maximum atomic E-state index is 13.2. The van der Waals surface area contributed by atoms with Crippen LogP contribution in [-0.4, -0.2) is 31.0 Å². The third-order valence-corrected chi connectivity index (χ3v) is 4.81.